The molecule has 0 aromatic carbocycles. The summed E-state index contributed by atoms with van der Waals surface area (Å²) in [7, 11) is 0. The van der Waals surface area contributed by atoms with Crippen LogP contribution in [0.25, 0.3) is 0 Å². The van der Waals surface area contributed by atoms with E-state index in [1.165, 1.54) is 51.9 Å². The highest BCUT2D eigenvalue weighted by Gasteiger charge is 2.20. The number of carbonyl (C=O) groups excluding carboxylic acids is 4. The van der Waals surface area contributed by atoms with E-state index in [0.717, 1.165) is 38.5 Å². The highest BCUT2D eigenvalue weighted by Crippen LogP contribution is 2.14. The maximum absolute atomic E-state index is 12.3. The van der Waals surface area contributed by atoms with Gasteiger partial charge in [0, 0.05) is 25.8 Å². The van der Waals surface area contributed by atoms with Crippen molar-refractivity contribution in [2.75, 3.05) is 52.8 Å². The Hall–Kier alpha value is -3.14. The smallest absolute Gasteiger partial charge is 0.326 e. The molecule has 0 spiro atoms. The monoisotopic (exact) mass is 703 g/mol. The fourth-order valence-electron chi connectivity index (χ4n) is 4.70. The molecular weight excluding hydrogens is 642 g/mol. The molecule has 5 N–H and O–H groups in total. The first-order chi connectivity index (χ1) is 23.6. The van der Waals surface area contributed by atoms with Crippen LogP contribution in [-0.2, 0) is 47.8 Å². The van der Waals surface area contributed by atoms with Crippen LogP contribution < -0.4 is 16.1 Å². The predicted molar refractivity (Wildman–Crippen MR) is 181 cm³/mol. The van der Waals surface area contributed by atoms with Crippen molar-refractivity contribution in [1.82, 2.24) is 16.1 Å². The van der Waals surface area contributed by atoms with Crippen molar-refractivity contribution < 1.29 is 58.0 Å². The van der Waals surface area contributed by atoms with Gasteiger partial charge in [-0.05, 0) is 26.2 Å². The van der Waals surface area contributed by atoms with Crippen LogP contribution in [0.2, 0.25) is 0 Å². The highest BCUT2D eigenvalue weighted by atomic mass is 16.7. The number of carboxylic acid groups (broad SMARTS) is 2. The van der Waals surface area contributed by atoms with E-state index in [1.807, 2.05) is 0 Å². The van der Waals surface area contributed by atoms with Crippen LogP contribution >= 0.6 is 0 Å². The van der Waals surface area contributed by atoms with Gasteiger partial charge in [-0.15, -0.1) is 0 Å². The van der Waals surface area contributed by atoms with Gasteiger partial charge in [0.15, 0.2) is 5.78 Å². The summed E-state index contributed by atoms with van der Waals surface area (Å²) in [5.74, 6) is -3.17. The van der Waals surface area contributed by atoms with E-state index < -0.39 is 23.9 Å². The van der Waals surface area contributed by atoms with Crippen molar-refractivity contribution in [2.45, 2.75) is 129 Å². The molecule has 0 aromatic rings. The molecule has 0 saturated heterocycles. The third-order valence-electron chi connectivity index (χ3n) is 7.33. The van der Waals surface area contributed by atoms with E-state index in [4.69, 9.17) is 24.2 Å². The van der Waals surface area contributed by atoms with Gasteiger partial charge >= 0.3 is 11.9 Å². The second kappa shape index (κ2) is 33.4. The van der Waals surface area contributed by atoms with Gasteiger partial charge in [0.2, 0.25) is 11.8 Å². The van der Waals surface area contributed by atoms with Crippen molar-refractivity contribution in [3.63, 3.8) is 0 Å². The molecule has 0 rings (SSSR count). The van der Waals surface area contributed by atoms with Crippen LogP contribution in [0.1, 0.15) is 122 Å². The summed E-state index contributed by atoms with van der Waals surface area (Å²) in [6.45, 7) is 2.15. The Balaban J connectivity index is 3.67. The third-order valence-corrected chi connectivity index (χ3v) is 7.33. The molecule has 0 bridgehead atoms. The summed E-state index contributed by atoms with van der Waals surface area (Å²) >= 11 is 0. The summed E-state index contributed by atoms with van der Waals surface area (Å²) < 4.78 is 15.5. The number of ether oxygens (including phenoxy) is 3. The van der Waals surface area contributed by atoms with E-state index in [-0.39, 0.29) is 96.1 Å². The van der Waals surface area contributed by atoms with Crippen molar-refractivity contribution in [3.8, 4) is 0 Å². The molecule has 0 aromatic heterocycles. The predicted octanol–water partition coefficient (Wildman–Crippen LogP) is 3.47. The number of amides is 3. The zero-order valence-corrected chi connectivity index (χ0v) is 29.4. The number of hydroxylamine groups is 1. The number of hydrogen-bond donors (Lipinski definition) is 5. The van der Waals surface area contributed by atoms with Gasteiger partial charge < -0.3 is 35.1 Å². The van der Waals surface area contributed by atoms with Crippen molar-refractivity contribution in [1.29, 1.82) is 0 Å². The van der Waals surface area contributed by atoms with Crippen LogP contribution in [0.5, 0.6) is 0 Å². The molecule has 15 nitrogen and oxygen atoms in total. The number of hydrogen-bond acceptors (Lipinski definition) is 10. The van der Waals surface area contributed by atoms with E-state index in [2.05, 4.69) is 16.1 Å². The number of rotatable bonds is 36. The summed E-state index contributed by atoms with van der Waals surface area (Å²) in [6.07, 6.45) is 15.6. The Bertz CT molecular complexity index is 919. The van der Waals surface area contributed by atoms with Crippen molar-refractivity contribution >= 4 is 35.4 Å². The van der Waals surface area contributed by atoms with Crippen LogP contribution in [0.3, 0.4) is 0 Å². The van der Waals surface area contributed by atoms with Crippen molar-refractivity contribution in [3.05, 3.63) is 0 Å². The number of unbranched alkanes of at least 4 members (excludes halogenated alkanes) is 13. The molecule has 0 aliphatic rings. The summed E-state index contributed by atoms with van der Waals surface area (Å²) in [5.41, 5.74) is 2.18. The van der Waals surface area contributed by atoms with Crippen LogP contribution in [-0.4, -0.2) is 104 Å². The Morgan fingerprint density at radius 1 is 0.551 bits per heavy atom. The lowest BCUT2D eigenvalue weighted by molar-refractivity contribution is -0.142. The fourth-order valence-corrected chi connectivity index (χ4v) is 4.70. The lowest BCUT2D eigenvalue weighted by Gasteiger charge is -2.14. The lowest BCUT2D eigenvalue weighted by Crippen LogP contribution is -2.41. The Labute approximate surface area is 290 Å². The second-order valence-electron chi connectivity index (χ2n) is 12.0. The maximum atomic E-state index is 12.3. The van der Waals surface area contributed by atoms with Gasteiger partial charge in [-0.25, -0.2) is 10.3 Å². The van der Waals surface area contributed by atoms with E-state index in [0.29, 0.717) is 6.42 Å². The van der Waals surface area contributed by atoms with E-state index in [1.54, 1.807) is 0 Å². The van der Waals surface area contributed by atoms with Crippen LogP contribution in [0.15, 0.2) is 0 Å². The Morgan fingerprint density at radius 2 is 1.06 bits per heavy atom. The topological polar surface area (TPSA) is 216 Å². The van der Waals surface area contributed by atoms with Gasteiger partial charge in [0.1, 0.15) is 19.3 Å². The largest absolute Gasteiger partial charge is 0.481 e. The maximum Gasteiger partial charge on any atom is 0.326 e. The first kappa shape index (κ1) is 45.9. The quantitative estimate of drug-likeness (QED) is 0.0469. The minimum Gasteiger partial charge on any atom is -0.481 e. The van der Waals surface area contributed by atoms with E-state index >= 15 is 0 Å². The summed E-state index contributed by atoms with van der Waals surface area (Å²) in [4.78, 5) is 73.6. The van der Waals surface area contributed by atoms with Gasteiger partial charge in [-0.2, -0.15) is 0 Å². The first-order valence-corrected chi connectivity index (χ1v) is 17.8. The molecule has 1 atom stereocenters. The zero-order chi connectivity index (χ0) is 36.4. The van der Waals surface area contributed by atoms with Gasteiger partial charge in [0.25, 0.3) is 5.91 Å². The molecule has 0 aliphatic heterocycles. The van der Waals surface area contributed by atoms with E-state index in [9.17, 15) is 33.9 Å². The summed E-state index contributed by atoms with van der Waals surface area (Å²) in [6, 6.07) is -1.13. The Morgan fingerprint density at radius 3 is 1.61 bits per heavy atom. The minimum absolute atomic E-state index is 0.0117. The lowest BCUT2D eigenvalue weighted by atomic mass is 10.0. The van der Waals surface area contributed by atoms with Crippen molar-refractivity contribution in [2.24, 2.45) is 0 Å². The normalized spacial score (nSPS) is 11.5. The molecule has 0 aliphatic carbocycles. The molecule has 49 heavy (non-hydrogen) atoms. The average molecular weight is 704 g/mol. The SMILES string of the molecule is CC(=O)COCCONC(=O)COCCOCCNC(=O)CC[C@H](NC(=O)CCCCCCCCCCCCCCCCC(=O)O)C(=O)O. The fraction of sp³-hybridized carbons (Fsp3) is 0.824. The zero-order valence-electron chi connectivity index (χ0n) is 29.4. The third kappa shape index (κ3) is 34.5. The number of ketones is 1. The Kier molecular flexibility index (Phi) is 31.2. The summed E-state index contributed by atoms with van der Waals surface area (Å²) in [5, 5.41) is 23.2. The molecular formula is C34H61N3O12. The number of nitrogens with one attached hydrogen (secondary N) is 3. The molecule has 0 saturated carbocycles. The molecule has 0 fully saturated rings. The first-order valence-electron chi connectivity index (χ1n) is 17.8. The average Bonchev–Trinajstić information content (AvgIpc) is 3.05. The standard InChI is InChI=1S/C34H61N3O12/c1-28(38)26-47-24-25-49-37-32(41)27-48-23-22-46-21-20-35-30(39)19-18-29(34(44)45)36-31(40)16-14-12-10-8-6-4-2-3-5-7-9-11-13-15-17-33(42)43/h29H,2-27H2,1H3,(H,35,39)(H,36,40)(H,37,41)(H,42,43)(H,44,45)/t29-/m0/s1. The van der Waals surface area contributed by atoms with Gasteiger partial charge in [0.05, 0.1) is 33.0 Å². The van der Waals surface area contributed by atoms with Gasteiger partial charge in [-0.1, -0.05) is 77.0 Å². The number of Topliss-reactive ketones (excluding diaryl/α,β-unsaturated/α-hetero) is 1. The number of carbonyl (C=O) groups is 6. The molecule has 0 unspecified atom stereocenters. The minimum atomic E-state index is -1.18. The van der Waals surface area contributed by atoms with Gasteiger partial charge in [-0.3, -0.25) is 28.8 Å². The van der Waals surface area contributed by atoms with Crippen LogP contribution in [0.4, 0.5) is 0 Å². The number of carboxylic acids is 2. The molecule has 15 heteroatoms. The molecule has 0 heterocycles. The second-order valence-corrected chi connectivity index (χ2v) is 12.0. The number of aliphatic carboxylic acids is 2. The molecule has 0 radical (unpaired) electrons. The molecule has 284 valence electrons. The molecule has 3 amide bonds. The van der Waals surface area contributed by atoms with Crippen LogP contribution in [0, 0.1) is 0 Å². The highest BCUT2D eigenvalue weighted by molar-refractivity contribution is 5.84.